The molecular formula is C22H25N3O5S. The molecule has 2 fully saturated rings. The van der Waals surface area contributed by atoms with Gasteiger partial charge in [-0.15, -0.1) is 0 Å². The van der Waals surface area contributed by atoms with Crippen LogP contribution in [0.25, 0.3) is 0 Å². The van der Waals surface area contributed by atoms with E-state index in [1.165, 1.54) is 28.6 Å². The highest BCUT2D eigenvalue weighted by Crippen LogP contribution is 2.24. The molecule has 1 atom stereocenters. The molecule has 0 aromatic heterocycles. The molecule has 8 nitrogen and oxygen atoms in total. The van der Waals surface area contributed by atoms with Gasteiger partial charge in [0.2, 0.25) is 15.9 Å². The fraction of sp³-hybridized carbons (Fsp3) is 0.364. The number of nitrogens with zero attached hydrogens (tertiary/aromatic N) is 2. The highest BCUT2D eigenvalue weighted by atomic mass is 32.2. The molecule has 2 heterocycles. The van der Waals surface area contributed by atoms with Crippen molar-refractivity contribution in [2.75, 3.05) is 44.3 Å². The average Bonchev–Trinajstić information content (AvgIpc) is 3.19. The maximum absolute atomic E-state index is 12.7. The molecule has 1 N–H and O–H groups in total. The van der Waals surface area contributed by atoms with Crippen molar-refractivity contribution in [3.8, 4) is 0 Å². The summed E-state index contributed by atoms with van der Waals surface area (Å²) in [5.74, 6) is -0.221. The maximum Gasteiger partial charge on any atom is 0.251 e. The quantitative estimate of drug-likeness (QED) is 0.730. The number of amides is 2. The number of benzene rings is 2. The summed E-state index contributed by atoms with van der Waals surface area (Å²) in [5, 5.41) is 2.86. The standard InChI is InChI=1S/C22H25N3O5S/c26-21-14-17(16-25(21)19-4-2-1-3-5-19)15-23-22(27)18-6-8-20(9-7-18)31(28,29)24-10-12-30-13-11-24/h1-9,17H,10-16H2,(H,23,27). The van der Waals surface area contributed by atoms with Crippen molar-refractivity contribution in [2.45, 2.75) is 11.3 Å². The third-order valence-corrected chi connectivity index (χ3v) is 7.46. The Bertz CT molecular complexity index is 1030. The van der Waals surface area contributed by atoms with Crippen LogP contribution < -0.4 is 10.2 Å². The van der Waals surface area contributed by atoms with Crippen molar-refractivity contribution in [1.82, 2.24) is 9.62 Å². The Hall–Kier alpha value is -2.75. The lowest BCUT2D eigenvalue weighted by Gasteiger charge is -2.26. The minimum absolute atomic E-state index is 0.0256. The normalized spacial score (nSPS) is 20.1. The van der Waals surface area contributed by atoms with Crippen LogP contribution in [-0.2, 0) is 19.6 Å². The van der Waals surface area contributed by atoms with Crippen molar-refractivity contribution in [3.63, 3.8) is 0 Å². The van der Waals surface area contributed by atoms with E-state index in [0.29, 0.717) is 51.4 Å². The van der Waals surface area contributed by atoms with Gasteiger partial charge in [-0.3, -0.25) is 9.59 Å². The zero-order valence-electron chi connectivity index (χ0n) is 17.1. The van der Waals surface area contributed by atoms with E-state index in [1.807, 2.05) is 30.3 Å². The Balaban J connectivity index is 1.34. The van der Waals surface area contributed by atoms with Gasteiger partial charge in [0.05, 0.1) is 18.1 Å². The SMILES string of the molecule is O=C(NCC1CC(=O)N(c2ccccc2)C1)c1ccc(S(=O)(=O)N2CCOCC2)cc1. The number of morpholine rings is 1. The Labute approximate surface area is 181 Å². The second-order valence-electron chi connectivity index (χ2n) is 7.66. The van der Waals surface area contributed by atoms with Crippen molar-refractivity contribution in [1.29, 1.82) is 0 Å². The molecule has 4 rings (SSSR count). The Morgan fingerprint density at radius 2 is 1.71 bits per heavy atom. The summed E-state index contributed by atoms with van der Waals surface area (Å²) in [6.07, 6.45) is 0.381. The molecule has 164 valence electrons. The minimum atomic E-state index is -3.59. The monoisotopic (exact) mass is 443 g/mol. The summed E-state index contributed by atoms with van der Waals surface area (Å²) in [5.41, 5.74) is 1.24. The Morgan fingerprint density at radius 3 is 2.39 bits per heavy atom. The molecule has 0 radical (unpaired) electrons. The number of hydrogen-bond donors (Lipinski definition) is 1. The number of rotatable bonds is 6. The van der Waals surface area contributed by atoms with E-state index in [-0.39, 0.29) is 22.6 Å². The fourth-order valence-electron chi connectivity index (χ4n) is 3.83. The number of para-hydroxylation sites is 1. The number of nitrogens with one attached hydrogen (secondary N) is 1. The molecule has 1 unspecified atom stereocenters. The van der Waals surface area contributed by atoms with Gasteiger partial charge in [0.15, 0.2) is 0 Å². The van der Waals surface area contributed by atoms with E-state index < -0.39 is 10.0 Å². The van der Waals surface area contributed by atoms with Gasteiger partial charge >= 0.3 is 0 Å². The molecule has 2 aromatic rings. The van der Waals surface area contributed by atoms with Gasteiger partial charge in [0.1, 0.15) is 0 Å². The molecule has 2 amide bonds. The number of carbonyl (C=O) groups excluding carboxylic acids is 2. The first-order valence-electron chi connectivity index (χ1n) is 10.3. The molecule has 0 aliphatic carbocycles. The third-order valence-electron chi connectivity index (χ3n) is 5.55. The van der Waals surface area contributed by atoms with Crippen molar-refractivity contribution in [2.24, 2.45) is 5.92 Å². The molecule has 2 aromatic carbocycles. The number of ether oxygens (including phenoxy) is 1. The van der Waals surface area contributed by atoms with E-state index in [2.05, 4.69) is 5.32 Å². The maximum atomic E-state index is 12.7. The second kappa shape index (κ2) is 9.17. The smallest absolute Gasteiger partial charge is 0.251 e. The van der Waals surface area contributed by atoms with Crippen molar-refractivity contribution >= 4 is 27.5 Å². The number of sulfonamides is 1. The van der Waals surface area contributed by atoms with Gasteiger partial charge in [0, 0.05) is 49.8 Å². The topological polar surface area (TPSA) is 96.0 Å². The van der Waals surface area contributed by atoms with Crippen LogP contribution in [0, 0.1) is 5.92 Å². The van der Waals surface area contributed by atoms with Crippen LogP contribution in [-0.4, -0.2) is 63.9 Å². The van der Waals surface area contributed by atoms with Crippen LogP contribution in [0.3, 0.4) is 0 Å². The molecule has 31 heavy (non-hydrogen) atoms. The van der Waals surface area contributed by atoms with Gasteiger partial charge in [-0.25, -0.2) is 8.42 Å². The van der Waals surface area contributed by atoms with Crippen LogP contribution in [0.1, 0.15) is 16.8 Å². The Morgan fingerprint density at radius 1 is 1.03 bits per heavy atom. The van der Waals surface area contributed by atoms with E-state index in [1.54, 1.807) is 4.90 Å². The van der Waals surface area contributed by atoms with E-state index in [9.17, 15) is 18.0 Å². The largest absolute Gasteiger partial charge is 0.379 e. The molecule has 2 aliphatic rings. The van der Waals surface area contributed by atoms with Crippen LogP contribution in [0.4, 0.5) is 5.69 Å². The molecule has 9 heteroatoms. The predicted molar refractivity (Wildman–Crippen MR) is 115 cm³/mol. The lowest BCUT2D eigenvalue weighted by atomic mass is 10.1. The van der Waals surface area contributed by atoms with Gasteiger partial charge in [-0.2, -0.15) is 4.31 Å². The zero-order valence-corrected chi connectivity index (χ0v) is 17.9. The van der Waals surface area contributed by atoms with Gasteiger partial charge in [-0.05, 0) is 36.4 Å². The van der Waals surface area contributed by atoms with Crippen LogP contribution >= 0.6 is 0 Å². The van der Waals surface area contributed by atoms with Crippen LogP contribution in [0.15, 0.2) is 59.5 Å². The summed E-state index contributed by atoms with van der Waals surface area (Å²) in [6, 6.07) is 15.4. The third kappa shape index (κ3) is 4.79. The first-order valence-corrected chi connectivity index (χ1v) is 11.7. The number of anilines is 1. The summed E-state index contributed by atoms with van der Waals surface area (Å²) < 4.78 is 32.0. The average molecular weight is 444 g/mol. The molecule has 0 saturated carbocycles. The molecule has 0 bridgehead atoms. The molecule has 0 spiro atoms. The Kier molecular flexibility index (Phi) is 6.35. The highest BCUT2D eigenvalue weighted by Gasteiger charge is 2.31. The number of hydrogen-bond acceptors (Lipinski definition) is 5. The van der Waals surface area contributed by atoms with E-state index >= 15 is 0 Å². The molecule has 2 saturated heterocycles. The lowest BCUT2D eigenvalue weighted by molar-refractivity contribution is -0.117. The van der Waals surface area contributed by atoms with Gasteiger partial charge in [0.25, 0.3) is 5.91 Å². The number of carbonyl (C=O) groups is 2. The summed E-state index contributed by atoms with van der Waals surface area (Å²) in [4.78, 5) is 26.7. The van der Waals surface area contributed by atoms with Crippen molar-refractivity contribution in [3.05, 3.63) is 60.2 Å². The summed E-state index contributed by atoms with van der Waals surface area (Å²) in [6.45, 7) is 2.34. The lowest BCUT2D eigenvalue weighted by Crippen LogP contribution is -2.40. The van der Waals surface area contributed by atoms with Crippen molar-refractivity contribution < 1.29 is 22.7 Å². The predicted octanol–water partition coefficient (Wildman–Crippen LogP) is 1.49. The summed E-state index contributed by atoms with van der Waals surface area (Å²) >= 11 is 0. The van der Waals surface area contributed by atoms with Gasteiger partial charge < -0.3 is 15.0 Å². The van der Waals surface area contributed by atoms with E-state index in [0.717, 1.165) is 5.69 Å². The molecular weight excluding hydrogens is 418 g/mol. The first kappa shape index (κ1) is 21.5. The van der Waals surface area contributed by atoms with Crippen LogP contribution in [0.2, 0.25) is 0 Å². The highest BCUT2D eigenvalue weighted by molar-refractivity contribution is 7.89. The first-order chi connectivity index (χ1) is 14.9. The second-order valence-corrected chi connectivity index (χ2v) is 9.60. The van der Waals surface area contributed by atoms with Crippen LogP contribution in [0.5, 0.6) is 0 Å². The fourth-order valence-corrected chi connectivity index (χ4v) is 5.24. The minimum Gasteiger partial charge on any atom is -0.379 e. The molecule has 2 aliphatic heterocycles. The summed E-state index contributed by atoms with van der Waals surface area (Å²) in [7, 11) is -3.59. The van der Waals surface area contributed by atoms with E-state index in [4.69, 9.17) is 4.74 Å². The van der Waals surface area contributed by atoms with Gasteiger partial charge in [-0.1, -0.05) is 18.2 Å². The zero-order chi connectivity index (χ0) is 21.8.